The monoisotopic (exact) mass is 278 g/mol. The minimum Gasteiger partial charge on any atom is -0.496 e. The molecule has 0 aliphatic carbocycles. The molecule has 1 N–H and O–H groups in total. The summed E-state index contributed by atoms with van der Waals surface area (Å²) in [6, 6.07) is 8.58. The predicted octanol–water partition coefficient (Wildman–Crippen LogP) is 2.07. The van der Waals surface area contributed by atoms with Crippen molar-refractivity contribution in [1.29, 1.82) is 0 Å². The smallest absolute Gasteiger partial charge is 0.123 e. The Bertz CT molecular complexity index is 390. The van der Waals surface area contributed by atoms with Gasteiger partial charge < -0.3 is 14.8 Å². The Balaban J connectivity index is 2.09. The van der Waals surface area contributed by atoms with Gasteiger partial charge in [-0.3, -0.25) is 4.90 Å². The molecule has 1 fully saturated rings. The number of rotatable bonds is 6. The highest BCUT2D eigenvalue weighted by atomic mass is 16.5. The fourth-order valence-electron chi connectivity index (χ4n) is 2.71. The lowest BCUT2D eigenvalue weighted by Gasteiger charge is -2.27. The van der Waals surface area contributed by atoms with Gasteiger partial charge in [0.25, 0.3) is 0 Å². The molecule has 4 nitrogen and oxygen atoms in total. The second kappa shape index (κ2) is 8.25. The summed E-state index contributed by atoms with van der Waals surface area (Å²) in [7, 11) is 1.74. The molecule has 1 heterocycles. The van der Waals surface area contributed by atoms with Gasteiger partial charge in [-0.1, -0.05) is 25.1 Å². The number of ether oxygens (including phenoxy) is 2. The molecule has 1 unspecified atom stereocenters. The van der Waals surface area contributed by atoms with Gasteiger partial charge in [0, 0.05) is 37.8 Å². The SMILES string of the molecule is CCNC(CN1CCCOCC1)c1ccccc1OC. The van der Waals surface area contributed by atoms with Crippen LogP contribution in [-0.2, 0) is 4.74 Å². The van der Waals surface area contributed by atoms with Crippen LogP contribution in [0, 0.1) is 0 Å². The number of likely N-dealkylation sites (N-methyl/N-ethyl adjacent to an activating group) is 1. The van der Waals surface area contributed by atoms with Crippen molar-refractivity contribution in [1.82, 2.24) is 10.2 Å². The Morgan fingerprint density at radius 3 is 2.95 bits per heavy atom. The van der Waals surface area contributed by atoms with Crippen molar-refractivity contribution in [2.24, 2.45) is 0 Å². The molecule has 0 spiro atoms. The summed E-state index contributed by atoms with van der Waals surface area (Å²) in [6.07, 6.45) is 1.12. The highest BCUT2D eigenvalue weighted by molar-refractivity contribution is 5.36. The van der Waals surface area contributed by atoms with Crippen LogP contribution in [0.15, 0.2) is 24.3 Å². The second-order valence-corrected chi connectivity index (χ2v) is 5.12. The summed E-state index contributed by atoms with van der Waals surface area (Å²) < 4.78 is 11.0. The van der Waals surface area contributed by atoms with Gasteiger partial charge in [-0.05, 0) is 19.0 Å². The number of hydrogen-bond donors (Lipinski definition) is 1. The Kier molecular flexibility index (Phi) is 6.30. The quantitative estimate of drug-likeness (QED) is 0.864. The van der Waals surface area contributed by atoms with Crippen molar-refractivity contribution < 1.29 is 9.47 Å². The zero-order chi connectivity index (χ0) is 14.2. The first-order valence-electron chi connectivity index (χ1n) is 7.51. The van der Waals surface area contributed by atoms with E-state index in [0.717, 1.165) is 51.6 Å². The number of methoxy groups -OCH3 is 1. The molecule has 1 aromatic carbocycles. The van der Waals surface area contributed by atoms with Crippen molar-refractivity contribution in [2.75, 3.05) is 46.5 Å². The predicted molar refractivity (Wildman–Crippen MR) is 81.3 cm³/mol. The Labute approximate surface area is 122 Å². The summed E-state index contributed by atoms with van der Waals surface area (Å²) in [5, 5.41) is 3.58. The average molecular weight is 278 g/mol. The fourth-order valence-corrected chi connectivity index (χ4v) is 2.71. The normalized spacial score (nSPS) is 18.5. The second-order valence-electron chi connectivity index (χ2n) is 5.12. The van der Waals surface area contributed by atoms with Crippen LogP contribution in [0.4, 0.5) is 0 Å². The molecule has 0 aromatic heterocycles. The topological polar surface area (TPSA) is 33.7 Å². The first-order chi connectivity index (χ1) is 9.85. The highest BCUT2D eigenvalue weighted by Crippen LogP contribution is 2.25. The average Bonchev–Trinajstić information content (AvgIpc) is 2.75. The summed E-state index contributed by atoms with van der Waals surface area (Å²) in [5.74, 6) is 0.963. The van der Waals surface area contributed by atoms with Crippen molar-refractivity contribution in [3.8, 4) is 5.75 Å². The maximum Gasteiger partial charge on any atom is 0.123 e. The largest absolute Gasteiger partial charge is 0.496 e. The van der Waals surface area contributed by atoms with E-state index in [-0.39, 0.29) is 0 Å². The molecule has 1 aromatic rings. The van der Waals surface area contributed by atoms with Crippen LogP contribution in [0.3, 0.4) is 0 Å². The van der Waals surface area contributed by atoms with Crippen molar-refractivity contribution in [2.45, 2.75) is 19.4 Å². The van der Waals surface area contributed by atoms with E-state index in [1.807, 2.05) is 12.1 Å². The summed E-state index contributed by atoms with van der Waals surface area (Å²) in [4.78, 5) is 2.48. The van der Waals surface area contributed by atoms with Gasteiger partial charge in [0.15, 0.2) is 0 Å². The third-order valence-electron chi connectivity index (χ3n) is 3.72. The van der Waals surface area contributed by atoms with E-state index in [2.05, 4.69) is 29.3 Å². The van der Waals surface area contributed by atoms with Crippen LogP contribution in [0.2, 0.25) is 0 Å². The molecule has 1 saturated heterocycles. The van der Waals surface area contributed by atoms with Crippen LogP contribution in [-0.4, -0.2) is 51.4 Å². The Morgan fingerprint density at radius 2 is 2.15 bits per heavy atom. The number of nitrogens with zero attached hydrogens (tertiary/aromatic N) is 1. The van der Waals surface area contributed by atoms with E-state index >= 15 is 0 Å². The van der Waals surface area contributed by atoms with Crippen molar-refractivity contribution in [3.63, 3.8) is 0 Å². The van der Waals surface area contributed by atoms with Gasteiger partial charge in [0.2, 0.25) is 0 Å². The van der Waals surface area contributed by atoms with Crippen LogP contribution >= 0.6 is 0 Å². The third kappa shape index (κ3) is 4.20. The first-order valence-corrected chi connectivity index (χ1v) is 7.51. The highest BCUT2D eigenvalue weighted by Gasteiger charge is 2.19. The van der Waals surface area contributed by atoms with Crippen LogP contribution < -0.4 is 10.1 Å². The summed E-state index contributed by atoms with van der Waals surface area (Å²) in [6.45, 7) is 7.94. The minimum absolute atomic E-state index is 0.300. The van der Waals surface area contributed by atoms with Crippen molar-refractivity contribution >= 4 is 0 Å². The van der Waals surface area contributed by atoms with Gasteiger partial charge >= 0.3 is 0 Å². The molecule has 0 amide bonds. The lowest BCUT2D eigenvalue weighted by Crippen LogP contribution is -2.36. The molecule has 2 rings (SSSR count). The van der Waals surface area contributed by atoms with E-state index in [1.54, 1.807) is 7.11 Å². The molecule has 112 valence electrons. The van der Waals surface area contributed by atoms with E-state index in [9.17, 15) is 0 Å². The Morgan fingerprint density at radius 1 is 1.30 bits per heavy atom. The molecule has 1 aliphatic rings. The number of nitrogens with one attached hydrogen (secondary N) is 1. The van der Waals surface area contributed by atoms with Gasteiger partial charge in [0.05, 0.1) is 13.7 Å². The van der Waals surface area contributed by atoms with Gasteiger partial charge in [-0.15, -0.1) is 0 Å². The third-order valence-corrected chi connectivity index (χ3v) is 3.72. The lowest BCUT2D eigenvalue weighted by atomic mass is 10.0. The van der Waals surface area contributed by atoms with Crippen LogP contribution in [0.1, 0.15) is 24.9 Å². The van der Waals surface area contributed by atoms with Gasteiger partial charge in [-0.2, -0.15) is 0 Å². The molecule has 0 radical (unpaired) electrons. The zero-order valence-corrected chi connectivity index (χ0v) is 12.6. The van der Waals surface area contributed by atoms with Crippen LogP contribution in [0.25, 0.3) is 0 Å². The first kappa shape index (κ1) is 15.3. The standard InChI is InChI=1S/C16H26N2O2/c1-3-17-15(13-18-9-6-11-20-12-10-18)14-7-4-5-8-16(14)19-2/h4-5,7-8,15,17H,3,6,9-13H2,1-2H3. The van der Waals surface area contributed by atoms with Gasteiger partial charge in [-0.25, -0.2) is 0 Å². The van der Waals surface area contributed by atoms with Crippen LogP contribution in [0.5, 0.6) is 5.75 Å². The molecule has 1 aliphatic heterocycles. The molecule has 20 heavy (non-hydrogen) atoms. The fraction of sp³-hybridized carbons (Fsp3) is 0.625. The summed E-state index contributed by atoms with van der Waals surface area (Å²) in [5.41, 5.74) is 1.24. The zero-order valence-electron chi connectivity index (χ0n) is 12.6. The van der Waals surface area contributed by atoms with E-state index < -0.39 is 0 Å². The van der Waals surface area contributed by atoms with E-state index in [1.165, 1.54) is 5.56 Å². The maximum atomic E-state index is 5.53. The Hall–Kier alpha value is -1.10. The molecule has 0 saturated carbocycles. The van der Waals surface area contributed by atoms with Gasteiger partial charge in [0.1, 0.15) is 5.75 Å². The van der Waals surface area contributed by atoms with E-state index in [0.29, 0.717) is 6.04 Å². The summed E-state index contributed by atoms with van der Waals surface area (Å²) >= 11 is 0. The molecule has 1 atom stereocenters. The molecular formula is C16H26N2O2. The van der Waals surface area contributed by atoms with E-state index in [4.69, 9.17) is 9.47 Å². The molecule has 4 heteroatoms. The van der Waals surface area contributed by atoms with Crippen molar-refractivity contribution in [3.05, 3.63) is 29.8 Å². The minimum atomic E-state index is 0.300. The number of hydrogen-bond acceptors (Lipinski definition) is 4. The lowest BCUT2D eigenvalue weighted by molar-refractivity contribution is 0.139. The number of benzene rings is 1. The molecular weight excluding hydrogens is 252 g/mol. The molecule has 0 bridgehead atoms. The number of para-hydroxylation sites is 1. The maximum absolute atomic E-state index is 5.53.